The summed E-state index contributed by atoms with van der Waals surface area (Å²) in [5.74, 6) is 0.129. The summed E-state index contributed by atoms with van der Waals surface area (Å²) in [6.45, 7) is 0. The number of anilines is 2. The highest BCUT2D eigenvalue weighted by Gasteiger charge is 2.14. The topological polar surface area (TPSA) is 108 Å². The minimum absolute atomic E-state index is 0.118. The summed E-state index contributed by atoms with van der Waals surface area (Å²) < 4.78 is 5.09. The van der Waals surface area contributed by atoms with Crippen LogP contribution in [0.5, 0.6) is 5.75 Å². The van der Waals surface area contributed by atoms with Gasteiger partial charge in [0.1, 0.15) is 5.75 Å². The summed E-state index contributed by atoms with van der Waals surface area (Å²) in [5, 5.41) is 13.6. The van der Waals surface area contributed by atoms with E-state index >= 15 is 0 Å². The number of benzene rings is 1. The van der Waals surface area contributed by atoms with E-state index in [0.29, 0.717) is 17.0 Å². The number of hydrogen-bond donors (Lipinski definition) is 2. The number of ether oxygens (including phenoxy) is 1. The number of nitrogens with zero attached hydrogens (tertiary/aromatic N) is 4. The molecule has 0 unspecified atom stereocenters. The Morgan fingerprint density at radius 1 is 1.50 bits per heavy atom. The van der Waals surface area contributed by atoms with Crippen LogP contribution in [0.25, 0.3) is 0 Å². The molecule has 3 N–H and O–H groups in total. The van der Waals surface area contributed by atoms with E-state index in [0.717, 1.165) is 0 Å². The molecule has 0 saturated carbocycles. The van der Waals surface area contributed by atoms with Gasteiger partial charge in [-0.3, -0.25) is 10.1 Å². The summed E-state index contributed by atoms with van der Waals surface area (Å²) in [5.41, 5.74) is 6.41. The number of nitrogens with two attached hydrogens (primary N) is 1. The Balaban J connectivity index is 2.25. The molecule has 1 amide bonds. The quantitative estimate of drug-likeness (QED) is 0.743. The Bertz CT molecular complexity index is 579. The molecule has 0 bridgehead atoms. The largest absolute Gasteiger partial charge is 0.496 e. The third-order valence-corrected chi connectivity index (χ3v) is 2.20. The van der Waals surface area contributed by atoms with E-state index in [1.165, 1.54) is 18.0 Å². The molecule has 1 aromatic carbocycles. The first-order valence-electron chi connectivity index (χ1n) is 5.09. The highest BCUT2D eigenvalue weighted by Crippen LogP contribution is 2.21. The van der Waals surface area contributed by atoms with Crippen LogP contribution in [0.4, 0.5) is 11.6 Å². The molecule has 0 aliphatic carbocycles. The number of amides is 1. The van der Waals surface area contributed by atoms with Crippen molar-refractivity contribution < 1.29 is 9.53 Å². The first-order chi connectivity index (χ1) is 8.60. The number of rotatable bonds is 3. The van der Waals surface area contributed by atoms with Gasteiger partial charge in [-0.05, 0) is 23.4 Å². The molecule has 2 rings (SSSR count). The molecule has 0 fully saturated rings. The summed E-state index contributed by atoms with van der Waals surface area (Å²) >= 11 is 0. The molecule has 0 saturated heterocycles. The van der Waals surface area contributed by atoms with Gasteiger partial charge in [0.05, 0.1) is 19.7 Å². The van der Waals surface area contributed by atoms with E-state index in [4.69, 9.17) is 10.5 Å². The second-order valence-corrected chi connectivity index (χ2v) is 3.52. The lowest BCUT2D eigenvalue weighted by atomic mass is 10.1. The molecular formula is C10H12N6O2. The molecule has 94 valence electrons. The number of nitrogen functional groups attached to an aromatic ring is 1. The molecule has 8 nitrogen and oxygen atoms in total. The van der Waals surface area contributed by atoms with Crippen molar-refractivity contribution in [3.8, 4) is 5.75 Å². The van der Waals surface area contributed by atoms with E-state index < -0.39 is 5.91 Å². The average molecular weight is 248 g/mol. The number of aryl methyl sites for hydroxylation is 1. The smallest absolute Gasteiger partial charge is 0.270 e. The fourth-order valence-electron chi connectivity index (χ4n) is 1.41. The molecular weight excluding hydrogens is 236 g/mol. The SMILES string of the molecule is COc1ccc(N)cc1C(=O)Nc1nnn(C)n1. The predicted molar refractivity (Wildman–Crippen MR) is 64.2 cm³/mol. The van der Waals surface area contributed by atoms with Crippen molar-refractivity contribution in [1.29, 1.82) is 0 Å². The molecule has 1 heterocycles. The van der Waals surface area contributed by atoms with Gasteiger partial charge in [0, 0.05) is 5.69 Å². The minimum Gasteiger partial charge on any atom is -0.496 e. The predicted octanol–water partition coefficient (Wildman–Crippen LogP) is 0.0532. The third-order valence-electron chi connectivity index (χ3n) is 2.20. The molecule has 18 heavy (non-hydrogen) atoms. The Morgan fingerprint density at radius 3 is 2.89 bits per heavy atom. The summed E-state index contributed by atoms with van der Waals surface area (Å²) in [6, 6.07) is 4.79. The van der Waals surface area contributed by atoms with Gasteiger partial charge in [-0.2, -0.15) is 4.80 Å². The van der Waals surface area contributed by atoms with E-state index in [2.05, 4.69) is 20.7 Å². The first-order valence-corrected chi connectivity index (χ1v) is 5.09. The van der Waals surface area contributed by atoms with Crippen molar-refractivity contribution in [2.75, 3.05) is 18.2 Å². The summed E-state index contributed by atoms with van der Waals surface area (Å²) in [7, 11) is 3.08. The number of tetrazole rings is 1. The lowest BCUT2D eigenvalue weighted by Gasteiger charge is -2.07. The van der Waals surface area contributed by atoms with Gasteiger partial charge in [0.15, 0.2) is 0 Å². The van der Waals surface area contributed by atoms with Gasteiger partial charge >= 0.3 is 0 Å². The van der Waals surface area contributed by atoms with Gasteiger partial charge in [-0.25, -0.2) is 0 Å². The van der Waals surface area contributed by atoms with Crippen LogP contribution in [0.1, 0.15) is 10.4 Å². The standard InChI is InChI=1S/C10H12N6O2/c1-16-14-10(13-15-16)12-9(17)7-5-6(11)3-4-8(7)18-2/h3-5H,11H2,1-2H3,(H,12,14,17). The first kappa shape index (κ1) is 11.8. The Morgan fingerprint density at radius 2 is 2.28 bits per heavy atom. The second-order valence-electron chi connectivity index (χ2n) is 3.52. The van der Waals surface area contributed by atoms with Crippen molar-refractivity contribution in [3.05, 3.63) is 23.8 Å². The molecule has 0 atom stereocenters. The molecule has 8 heteroatoms. The van der Waals surface area contributed by atoms with Crippen LogP contribution in [-0.2, 0) is 7.05 Å². The van der Waals surface area contributed by atoms with Crippen molar-refractivity contribution >= 4 is 17.5 Å². The highest BCUT2D eigenvalue weighted by atomic mass is 16.5. The number of carbonyl (C=O) groups excluding carboxylic acids is 1. The van der Waals surface area contributed by atoms with Crippen LogP contribution >= 0.6 is 0 Å². The van der Waals surface area contributed by atoms with Crippen molar-refractivity contribution in [1.82, 2.24) is 20.2 Å². The molecule has 0 aliphatic rings. The lowest BCUT2D eigenvalue weighted by molar-refractivity contribution is 0.102. The highest BCUT2D eigenvalue weighted by molar-refractivity contribution is 6.05. The molecule has 0 radical (unpaired) electrons. The number of carbonyl (C=O) groups is 1. The van der Waals surface area contributed by atoms with Crippen molar-refractivity contribution in [2.45, 2.75) is 0 Å². The normalized spacial score (nSPS) is 10.1. The Kier molecular flexibility index (Phi) is 3.09. The lowest BCUT2D eigenvalue weighted by Crippen LogP contribution is -2.14. The van der Waals surface area contributed by atoms with E-state index in [1.54, 1.807) is 19.2 Å². The van der Waals surface area contributed by atoms with Crippen LogP contribution in [0.15, 0.2) is 18.2 Å². The maximum absolute atomic E-state index is 12.0. The van der Waals surface area contributed by atoms with Gasteiger partial charge in [0.2, 0.25) is 0 Å². The number of methoxy groups -OCH3 is 1. The fourth-order valence-corrected chi connectivity index (χ4v) is 1.41. The fraction of sp³-hybridized carbons (Fsp3) is 0.200. The van der Waals surface area contributed by atoms with E-state index in [1.807, 2.05) is 0 Å². The Hall–Kier alpha value is -2.64. The molecule has 1 aromatic heterocycles. The van der Waals surface area contributed by atoms with Crippen LogP contribution in [0.3, 0.4) is 0 Å². The van der Waals surface area contributed by atoms with Crippen LogP contribution in [0, 0.1) is 0 Å². The zero-order valence-corrected chi connectivity index (χ0v) is 9.91. The van der Waals surface area contributed by atoms with Crippen molar-refractivity contribution in [3.63, 3.8) is 0 Å². The second kappa shape index (κ2) is 4.70. The number of hydrogen-bond acceptors (Lipinski definition) is 6. The third kappa shape index (κ3) is 2.37. The average Bonchev–Trinajstić information content (AvgIpc) is 2.74. The monoisotopic (exact) mass is 248 g/mol. The minimum atomic E-state index is -0.410. The van der Waals surface area contributed by atoms with Crippen LogP contribution in [-0.4, -0.2) is 33.2 Å². The summed E-state index contributed by atoms with van der Waals surface area (Å²) in [4.78, 5) is 13.2. The van der Waals surface area contributed by atoms with E-state index in [9.17, 15) is 4.79 Å². The Labute approximate surface area is 103 Å². The maximum Gasteiger partial charge on any atom is 0.270 e. The molecule has 2 aromatic rings. The van der Waals surface area contributed by atoms with Gasteiger partial charge in [-0.1, -0.05) is 5.10 Å². The summed E-state index contributed by atoms with van der Waals surface area (Å²) in [6.07, 6.45) is 0. The van der Waals surface area contributed by atoms with Crippen LogP contribution < -0.4 is 15.8 Å². The van der Waals surface area contributed by atoms with Crippen molar-refractivity contribution in [2.24, 2.45) is 7.05 Å². The van der Waals surface area contributed by atoms with Crippen LogP contribution in [0.2, 0.25) is 0 Å². The zero-order valence-electron chi connectivity index (χ0n) is 9.91. The zero-order chi connectivity index (χ0) is 13.1. The number of nitrogens with one attached hydrogen (secondary N) is 1. The molecule has 0 aliphatic heterocycles. The maximum atomic E-state index is 12.0. The molecule has 0 spiro atoms. The number of aromatic nitrogens is 4. The van der Waals surface area contributed by atoms with Gasteiger partial charge in [0.25, 0.3) is 11.9 Å². The van der Waals surface area contributed by atoms with E-state index in [-0.39, 0.29) is 5.95 Å². The van der Waals surface area contributed by atoms with Gasteiger partial charge < -0.3 is 10.5 Å². The van der Waals surface area contributed by atoms with Gasteiger partial charge in [-0.15, -0.1) is 5.10 Å².